The number of hydrogen-bond acceptors (Lipinski definition) is 6. The minimum atomic E-state index is -0.184. The third kappa shape index (κ3) is 5.10. The van der Waals surface area contributed by atoms with E-state index in [0.717, 1.165) is 44.1 Å². The third-order valence-corrected chi connectivity index (χ3v) is 5.18. The minimum Gasteiger partial charge on any atom is -0.490 e. The number of amides is 1. The molecule has 0 aromatic heterocycles. The molecule has 1 fully saturated rings. The quantitative estimate of drug-likeness (QED) is 0.737. The molecule has 1 amide bonds. The lowest BCUT2D eigenvalue weighted by atomic mass is 10.1. The van der Waals surface area contributed by atoms with Gasteiger partial charge in [0.15, 0.2) is 17.3 Å². The second-order valence-corrected chi connectivity index (χ2v) is 7.33. The molecule has 0 aliphatic carbocycles. The highest BCUT2D eigenvalue weighted by Crippen LogP contribution is 2.31. The average Bonchev–Trinajstić information content (AvgIpc) is 3.03. The van der Waals surface area contributed by atoms with Gasteiger partial charge in [0.2, 0.25) is 5.91 Å². The van der Waals surface area contributed by atoms with E-state index in [2.05, 4.69) is 10.2 Å². The van der Waals surface area contributed by atoms with Gasteiger partial charge in [-0.3, -0.25) is 9.59 Å². The Morgan fingerprint density at radius 2 is 1.60 bits per heavy atom. The fraction of sp³-hybridized carbons (Fsp3) is 0.391. The summed E-state index contributed by atoms with van der Waals surface area (Å²) >= 11 is 0. The second kappa shape index (κ2) is 9.63. The molecule has 0 unspecified atom stereocenters. The number of morpholine rings is 1. The molecule has 7 heteroatoms. The van der Waals surface area contributed by atoms with E-state index < -0.39 is 0 Å². The molecule has 1 N–H and O–H groups in total. The molecule has 4 rings (SSSR count). The van der Waals surface area contributed by atoms with Gasteiger partial charge in [-0.15, -0.1) is 0 Å². The van der Waals surface area contributed by atoms with E-state index in [-0.39, 0.29) is 24.5 Å². The summed E-state index contributed by atoms with van der Waals surface area (Å²) in [6.07, 6.45) is 1.07. The summed E-state index contributed by atoms with van der Waals surface area (Å²) in [6.45, 7) is 4.37. The van der Waals surface area contributed by atoms with E-state index in [1.165, 1.54) is 0 Å². The van der Waals surface area contributed by atoms with Crippen molar-refractivity contribution in [2.45, 2.75) is 19.3 Å². The molecule has 2 aromatic rings. The van der Waals surface area contributed by atoms with Crippen molar-refractivity contribution >= 4 is 23.1 Å². The number of hydrogen-bond donors (Lipinski definition) is 1. The summed E-state index contributed by atoms with van der Waals surface area (Å²) in [7, 11) is 0. The van der Waals surface area contributed by atoms with E-state index in [1.54, 1.807) is 18.2 Å². The van der Waals surface area contributed by atoms with Gasteiger partial charge in [-0.25, -0.2) is 0 Å². The van der Waals surface area contributed by atoms with Crippen molar-refractivity contribution in [1.29, 1.82) is 0 Å². The largest absolute Gasteiger partial charge is 0.490 e. The molecule has 1 saturated heterocycles. The molecule has 2 heterocycles. The summed E-state index contributed by atoms with van der Waals surface area (Å²) in [5.41, 5.74) is 2.36. The van der Waals surface area contributed by atoms with Crippen LogP contribution in [-0.4, -0.2) is 51.2 Å². The lowest BCUT2D eigenvalue weighted by molar-refractivity contribution is -0.116. The number of ether oxygens (including phenoxy) is 3. The van der Waals surface area contributed by atoms with Crippen LogP contribution in [0.25, 0.3) is 0 Å². The van der Waals surface area contributed by atoms with Crippen molar-refractivity contribution in [3.05, 3.63) is 48.0 Å². The summed E-state index contributed by atoms with van der Waals surface area (Å²) in [5, 5.41) is 2.86. The van der Waals surface area contributed by atoms with E-state index in [0.29, 0.717) is 30.3 Å². The summed E-state index contributed by atoms with van der Waals surface area (Å²) in [6, 6.07) is 12.9. The van der Waals surface area contributed by atoms with E-state index in [1.807, 2.05) is 24.3 Å². The van der Waals surface area contributed by atoms with Gasteiger partial charge in [0, 0.05) is 49.3 Å². The molecule has 0 saturated carbocycles. The van der Waals surface area contributed by atoms with E-state index in [9.17, 15) is 9.59 Å². The summed E-state index contributed by atoms with van der Waals surface area (Å²) in [4.78, 5) is 27.0. The maximum absolute atomic E-state index is 12.5. The molecule has 2 aliphatic rings. The highest BCUT2D eigenvalue weighted by molar-refractivity contribution is 6.00. The Bertz CT molecular complexity index is 891. The molecule has 0 spiro atoms. The number of carbonyl (C=O) groups excluding carboxylic acids is 2. The Kier molecular flexibility index (Phi) is 6.49. The van der Waals surface area contributed by atoms with Crippen molar-refractivity contribution in [3.8, 4) is 11.5 Å². The molecule has 7 nitrogen and oxygen atoms in total. The number of anilines is 2. The van der Waals surface area contributed by atoms with Crippen molar-refractivity contribution in [2.24, 2.45) is 0 Å². The molecule has 158 valence electrons. The number of ketones is 1. The zero-order chi connectivity index (χ0) is 20.8. The molecule has 0 atom stereocenters. The number of Topliss-reactive ketones (excluding diaryl/α,β-unsaturated/α-hetero) is 1. The number of benzene rings is 2. The highest BCUT2D eigenvalue weighted by Gasteiger charge is 2.16. The fourth-order valence-corrected chi connectivity index (χ4v) is 3.51. The summed E-state index contributed by atoms with van der Waals surface area (Å²) < 4.78 is 16.6. The molecule has 2 aliphatic heterocycles. The smallest absolute Gasteiger partial charge is 0.224 e. The zero-order valence-corrected chi connectivity index (χ0v) is 16.9. The number of carbonyl (C=O) groups is 2. The second-order valence-electron chi connectivity index (χ2n) is 7.33. The van der Waals surface area contributed by atoms with Gasteiger partial charge in [0.25, 0.3) is 0 Å². The molecular weight excluding hydrogens is 384 g/mol. The highest BCUT2D eigenvalue weighted by atomic mass is 16.5. The maximum atomic E-state index is 12.5. The predicted molar refractivity (Wildman–Crippen MR) is 114 cm³/mol. The van der Waals surface area contributed by atoms with Crippen LogP contribution in [0.1, 0.15) is 29.6 Å². The van der Waals surface area contributed by atoms with Crippen molar-refractivity contribution in [2.75, 3.05) is 49.7 Å². The Labute approximate surface area is 175 Å². The first-order valence-electron chi connectivity index (χ1n) is 10.3. The standard InChI is InChI=1S/C23H26N2O5/c26-20(17-2-8-21-22(16-17)30-13-1-12-29-21)7-9-23(27)24-18-3-5-19(6-4-18)25-10-14-28-15-11-25/h2-6,8,16H,1,7,9-15H2,(H,24,27). The van der Waals surface area contributed by atoms with Gasteiger partial charge in [-0.1, -0.05) is 0 Å². The van der Waals surface area contributed by atoms with Crippen molar-refractivity contribution in [3.63, 3.8) is 0 Å². The van der Waals surface area contributed by atoms with Gasteiger partial charge >= 0.3 is 0 Å². The fourth-order valence-electron chi connectivity index (χ4n) is 3.51. The van der Waals surface area contributed by atoms with Crippen LogP contribution in [0.5, 0.6) is 11.5 Å². The van der Waals surface area contributed by atoms with Crippen molar-refractivity contribution < 1.29 is 23.8 Å². The van der Waals surface area contributed by atoms with Crippen molar-refractivity contribution in [1.82, 2.24) is 0 Å². The molecule has 0 bridgehead atoms. The average molecular weight is 410 g/mol. The van der Waals surface area contributed by atoms with Crippen LogP contribution in [0, 0.1) is 0 Å². The Balaban J connectivity index is 1.28. The van der Waals surface area contributed by atoms with E-state index >= 15 is 0 Å². The Morgan fingerprint density at radius 1 is 0.867 bits per heavy atom. The molecule has 0 radical (unpaired) electrons. The first-order valence-corrected chi connectivity index (χ1v) is 10.3. The van der Waals surface area contributed by atoms with Gasteiger partial charge in [-0.05, 0) is 42.5 Å². The zero-order valence-electron chi connectivity index (χ0n) is 16.9. The maximum Gasteiger partial charge on any atom is 0.224 e. The van der Waals surface area contributed by atoms with Gasteiger partial charge in [0.1, 0.15) is 0 Å². The van der Waals surface area contributed by atoms with Gasteiger partial charge < -0.3 is 24.4 Å². The van der Waals surface area contributed by atoms with Gasteiger partial charge in [-0.2, -0.15) is 0 Å². The number of fused-ring (bicyclic) bond motifs is 1. The molecular formula is C23H26N2O5. The van der Waals surface area contributed by atoms with Crippen LogP contribution < -0.4 is 19.7 Å². The Morgan fingerprint density at radius 3 is 2.37 bits per heavy atom. The number of nitrogens with zero attached hydrogens (tertiary/aromatic N) is 1. The Hall–Kier alpha value is -3.06. The van der Waals surface area contributed by atoms with Crippen LogP contribution in [-0.2, 0) is 9.53 Å². The van der Waals surface area contributed by atoms with Gasteiger partial charge in [0.05, 0.1) is 26.4 Å². The lowest BCUT2D eigenvalue weighted by Gasteiger charge is -2.28. The van der Waals surface area contributed by atoms with Crippen LogP contribution in [0.2, 0.25) is 0 Å². The first kappa shape index (κ1) is 20.2. The van der Waals surface area contributed by atoms with Crippen LogP contribution >= 0.6 is 0 Å². The van der Waals surface area contributed by atoms with Crippen LogP contribution in [0.3, 0.4) is 0 Å². The molecule has 30 heavy (non-hydrogen) atoms. The molecule has 2 aromatic carbocycles. The number of nitrogens with one attached hydrogen (secondary N) is 1. The number of rotatable bonds is 6. The SMILES string of the molecule is O=C(CCC(=O)c1ccc2c(c1)OCCCO2)Nc1ccc(N2CCOCC2)cc1. The summed E-state index contributed by atoms with van der Waals surface area (Å²) in [5.74, 6) is 0.964. The predicted octanol–water partition coefficient (Wildman–Crippen LogP) is 3.29. The first-order chi connectivity index (χ1) is 14.7. The van der Waals surface area contributed by atoms with Crippen LogP contribution in [0.15, 0.2) is 42.5 Å². The monoisotopic (exact) mass is 410 g/mol. The lowest BCUT2D eigenvalue weighted by Crippen LogP contribution is -2.36. The minimum absolute atomic E-state index is 0.0940. The topological polar surface area (TPSA) is 77.1 Å². The third-order valence-electron chi connectivity index (χ3n) is 5.18. The van der Waals surface area contributed by atoms with Crippen LogP contribution in [0.4, 0.5) is 11.4 Å². The van der Waals surface area contributed by atoms with E-state index in [4.69, 9.17) is 14.2 Å². The normalized spacial score (nSPS) is 15.9.